The Morgan fingerprint density at radius 2 is 1.98 bits per heavy atom. The van der Waals surface area contributed by atoms with Crippen LogP contribution in [-0.4, -0.2) is 66.3 Å². The van der Waals surface area contributed by atoms with Crippen LogP contribution in [0, 0.1) is 22.7 Å². The Balaban J connectivity index is 1.10. The number of nitrogens with zero attached hydrogens (tertiary/aromatic N) is 1. The molecule has 7 atom stereocenters. The number of carbonyl (C=O) groups is 2. The average Bonchev–Trinajstić information content (AvgIpc) is 3.20. The molecule has 1 aromatic heterocycles. The van der Waals surface area contributed by atoms with E-state index in [9.17, 15) is 19.5 Å². The minimum atomic E-state index is -0.727. The lowest BCUT2D eigenvalue weighted by molar-refractivity contribution is -0.177. The molecule has 40 heavy (non-hydrogen) atoms. The van der Waals surface area contributed by atoms with Gasteiger partial charge in [0, 0.05) is 43.7 Å². The quantitative estimate of drug-likeness (QED) is 0.417. The topological polar surface area (TPSA) is 124 Å². The zero-order chi connectivity index (χ0) is 28.1. The van der Waals surface area contributed by atoms with Crippen molar-refractivity contribution in [2.75, 3.05) is 32.7 Å². The molecule has 1 saturated heterocycles. The van der Waals surface area contributed by atoms with Crippen LogP contribution in [0.1, 0.15) is 76.7 Å². The number of aliphatic hydroxyl groups is 1. The number of rotatable bonds is 5. The lowest BCUT2D eigenvalue weighted by Gasteiger charge is -2.62. The highest BCUT2D eigenvalue weighted by Gasteiger charge is 2.66. The maximum Gasteiger partial charge on any atom is 0.335 e. The van der Waals surface area contributed by atoms with Gasteiger partial charge in [-0.25, -0.2) is 9.59 Å². The highest BCUT2D eigenvalue weighted by molar-refractivity contribution is 5.78. The highest BCUT2D eigenvalue weighted by Crippen LogP contribution is 2.70. The molecule has 218 valence electrons. The Morgan fingerprint density at radius 3 is 2.75 bits per heavy atom. The molecule has 9 heteroatoms. The lowest BCUT2D eigenvalue weighted by atomic mass is 9.45. The number of nitrogens with one attached hydrogen (secondary N) is 3. The van der Waals surface area contributed by atoms with Crippen LogP contribution in [0.3, 0.4) is 0 Å². The van der Waals surface area contributed by atoms with E-state index in [1.165, 1.54) is 11.6 Å². The monoisotopic (exact) mass is 552 g/mol. The van der Waals surface area contributed by atoms with E-state index in [1.54, 1.807) is 6.26 Å². The molecule has 4 fully saturated rings. The van der Waals surface area contributed by atoms with Crippen molar-refractivity contribution < 1.29 is 19.1 Å². The van der Waals surface area contributed by atoms with Gasteiger partial charge in [-0.15, -0.1) is 0 Å². The van der Waals surface area contributed by atoms with E-state index in [1.807, 2.05) is 6.07 Å². The van der Waals surface area contributed by atoms with Crippen LogP contribution >= 0.6 is 0 Å². The molecule has 3 saturated carbocycles. The third-order valence-electron chi connectivity index (χ3n) is 11.6. The van der Waals surface area contributed by atoms with Gasteiger partial charge >= 0.3 is 11.7 Å². The van der Waals surface area contributed by atoms with Crippen LogP contribution in [0.15, 0.2) is 39.3 Å². The van der Waals surface area contributed by atoms with Crippen LogP contribution in [0.2, 0.25) is 0 Å². The van der Waals surface area contributed by atoms with Gasteiger partial charge in [-0.1, -0.05) is 25.5 Å². The maximum absolute atomic E-state index is 12.6. The van der Waals surface area contributed by atoms with E-state index in [4.69, 9.17) is 4.42 Å². The minimum absolute atomic E-state index is 0.0147. The maximum atomic E-state index is 12.6. The first-order valence-electron chi connectivity index (χ1n) is 15.2. The third-order valence-corrected chi connectivity index (χ3v) is 11.6. The second-order valence-corrected chi connectivity index (χ2v) is 13.4. The van der Waals surface area contributed by atoms with Crippen molar-refractivity contribution in [1.82, 2.24) is 20.9 Å². The van der Waals surface area contributed by atoms with Gasteiger partial charge in [0.2, 0.25) is 5.91 Å². The normalized spacial score (nSPS) is 39.3. The molecule has 0 bridgehead atoms. The number of carbonyl (C=O) groups excluding carboxylic acids is 2. The van der Waals surface area contributed by atoms with E-state index in [0.29, 0.717) is 32.1 Å². The highest BCUT2D eigenvalue weighted by atomic mass is 16.4. The fourth-order valence-corrected chi connectivity index (χ4v) is 9.34. The summed E-state index contributed by atoms with van der Waals surface area (Å²) in [4.78, 5) is 37.8. The summed E-state index contributed by atoms with van der Waals surface area (Å²) < 4.78 is 5.22. The standard InChI is InChI=1S/C31H44N4O5/c1-29-10-7-22(34-28(38)33-14-16-35-15-13-32-26(36)18-35)17-21(29)4-5-25-24(29)8-11-30(2)23(9-12-31(25,30)39)20-3-6-27(37)40-19-20/h3,6,17,19,22-25,39H,4-5,7-16,18H2,1-2H3,(H,32,36)(H2,33,34,38)/t22-,23+,24-,25+,29-,30+,31-/m0/s1. The summed E-state index contributed by atoms with van der Waals surface area (Å²) in [5.41, 5.74) is 1.22. The molecule has 0 spiro atoms. The Hall–Kier alpha value is -2.65. The first-order chi connectivity index (χ1) is 19.1. The fraction of sp³-hybridized carbons (Fsp3) is 0.710. The number of amides is 3. The number of urea groups is 1. The molecule has 0 unspecified atom stereocenters. The minimum Gasteiger partial charge on any atom is -0.431 e. The summed E-state index contributed by atoms with van der Waals surface area (Å²) in [7, 11) is 0. The summed E-state index contributed by atoms with van der Waals surface area (Å²) in [6.45, 7) is 7.68. The average molecular weight is 553 g/mol. The van der Waals surface area contributed by atoms with E-state index >= 15 is 0 Å². The Morgan fingerprint density at radius 1 is 1.12 bits per heavy atom. The Labute approximate surface area is 236 Å². The molecular formula is C31H44N4O5. The second-order valence-electron chi connectivity index (χ2n) is 13.4. The molecule has 0 radical (unpaired) electrons. The molecule has 9 nitrogen and oxygen atoms in total. The van der Waals surface area contributed by atoms with Gasteiger partial charge in [0.05, 0.1) is 18.4 Å². The zero-order valence-electron chi connectivity index (χ0n) is 23.8. The zero-order valence-corrected chi connectivity index (χ0v) is 23.8. The van der Waals surface area contributed by atoms with E-state index in [2.05, 4.69) is 40.8 Å². The number of fused-ring (bicyclic) bond motifs is 5. The molecule has 1 aliphatic heterocycles. The predicted octanol–water partition coefficient (Wildman–Crippen LogP) is 2.90. The van der Waals surface area contributed by atoms with Crippen LogP contribution in [0.5, 0.6) is 0 Å². The lowest BCUT2D eigenvalue weighted by Crippen LogP contribution is -2.60. The largest absolute Gasteiger partial charge is 0.431 e. The number of allylic oxidation sites excluding steroid dienone is 1. The van der Waals surface area contributed by atoms with E-state index < -0.39 is 5.60 Å². The van der Waals surface area contributed by atoms with E-state index in [0.717, 1.165) is 63.5 Å². The summed E-state index contributed by atoms with van der Waals surface area (Å²) >= 11 is 0. The molecule has 5 aliphatic rings. The molecule has 4 N–H and O–H groups in total. The summed E-state index contributed by atoms with van der Waals surface area (Å²) in [6, 6.07) is 3.25. The SMILES string of the molecule is C[C@]12CC[C@H](NC(=O)NCCN3CCNC(=O)C3)C=C1CC[C@@H]1[C@@H]2CC[C@]2(C)[C@@H](c3ccc(=O)oc3)CC[C@]12O. The van der Waals surface area contributed by atoms with Crippen molar-refractivity contribution in [2.45, 2.75) is 82.8 Å². The summed E-state index contributed by atoms with van der Waals surface area (Å²) in [5, 5.41) is 21.4. The Kier molecular flexibility index (Phi) is 7.10. The molecule has 6 rings (SSSR count). The van der Waals surface area contributed by atoms with Gasteiger partial charge in [0.1, 0.15) is 0 Å². The number of piperazine rings is 1. The van der Waals surface area contributed by atoms with Crippen LogP contribution in [0.4, 0.5) is 4.79 Å². The van der Waals surface area contributed by atoms with Crippen LogP contribution < -0.4 is 21.6 Å². The van der Waals surface area contributed by atoms with Crippen molar-refractivity contribution in [3.05, 3.63) is 46.0 Å². The van der Waals surface area contributed by atoms with Crippen molar-refractivity contribution in [2.24, 2.45) is 22.7 Å². The molecule has 3 amide bonds. The predicted molar refractivity (Wildman–Crippen MR) is 151 cm³/mol. The molecule has 1 aromatic rings. The van der Waals surface area contributed by atoms with Crippen LogP contribution in [0.25, 0.3) is 0 Å². The van der Waals surface area contributed by atoms with Gasteiger partial charge in [0.15, 0.2) is 0 Å². The molecular weight excluding hydrogens is 508 g/mol. The van der Waals surface area contributed by atoms with Gasteiger partial charge in [-0.05, 0) is 86.2 Å². The molecule has 2 heterocycles. The van der Waals surface area contributed by atoms with Crippen molar-refractivity contribution >= 4 is 11.9 Å². The van der Waals surface area contributed by atoms with Crippen molar-refractivity contribution in [3.63, 3.8) is 0 Å². The second kappa shape index (κ2) is 10.3. The summed E-state index contributed by atoms with van der Waals surface area (Å²) in [6.07, 6.45) is 11.5. The van der Waals surface area contributed by atoms with Crippen molar-refractivity contribution in [1.29, 1.82) is 0 Å². The molecule has 0 aromatic carbocycles. The number of hydrogen-bond acceptors (Lipinski definition) is 6. The smallest absolute Gasteiger partial charge is 0.335 e. The van der Waals surface area contributed by atoms with Gasteiger partial charge in [0.25, 0.3) is 0 Å². The van der Waals surface area contributed by atoms with Gasteiger partial charge < -0.3 is 25.5 Å². The summed E-state index contributed by atoms with van der Waals surface area (Å²) in [5.74, 6) is 0.905. The molecule has 4 aliphatic carbocycles. The van der Waals surface area contributed by atoms with E-state index in [-0.39, 0.29) is 46.3 Å². The van der Waals surface area contributed by atoms with Crippen LogP contribution in [-0.2, 0) is 4.79 Å². The van der Waals surface area contributed by atoms with Gasteiger partial charge in [-0.3, -0.25) is 9.69 Å². The first-order valence-corrected chi connectivity index (χ1v) is 15.2. The van der Waals surface area contributed by atoms with Crippen molar-refractivity contribution in [3.8, 4) is 0 Å². The first kappa shape index (κ1) is 27.5. The van der Waals surface area contributed by atoms with Gasteiger partial charge in [-0.2, -0.15) is 0 Å². The third kappa shape index (κ3) is 4.59. The fourth-order valence-electron chi connectivity index (χ4n) is 9.34. The Bertz CT molecular complexity index is 1230. The number of hydrogen-bond donors (Lipinski definition) is 4.